The zero-order valence-electron chi connectivity index (χ0n) is 13.1. The van der Waals surface area contributed by atoms with Crippen LogP contribution in [0.15, 0.2) is 17.0 Å². The van der Waals surface area contributed by atoms with Gasteiger partial charge in [-0.3, -0.25) is 0 Å². The number of benzene rings is 1. The van der Waals surface area contributed by atoms with Gasteiger partial charge in [0.15, 0.2) is 0 Å². The zero-order valence-corrected chi connectivity index (χ0v) is 14.7. The van der Waals surface area contributed by atoms with E-state index in [1.54, 1.807) is 12.1 Å². The van der Waals surface area contributed by atoms with E-state index in [0.29, 0.717) is 6.04 Å². The Labute approximate surface area is 131 Å². The van der Waals surface area contributed by atoms with Crippen LogP contribution in [0.25, 0.3) is 0 Å². The molecule has 6 heteroatoms. The molecule has 1 aromatic rings. The summed E-state index contributed by atoms with van der Waals surface area (Å²) in [5, 5.41) is 8.82. The summed E-state index contributed by atoms with van der Waals surface area (Å²) >= 11 is 1.94. The lowest BCUT2D eigenvalue weighted by Crippen LogP contribution is -2.41. The molecule has 1 aromatic carbocycles. The molecule has 3 N–H and O–H groups in total. The molecule has 118 valence electrons. The predicted molar refractivity (Wildman–Crippen MR) is 90.4 cm³/mol. The SMILES string of the molecule is Cc1cc(S(N)(=O)=O)cc(NC2CSCCC2(C)C)c1C. The minimum Gasteiger partial charge on any atom is -0.381 e. The second-order valence-electron chi connectivity index (χ2n) is 6.47. The minimum absolute atomic E-state index is 0.175. The van der Waals surface area contributed by atoms with E-state index >= 15 is 0 Å². The molecule has 0 amide bonds. The molecular weight excluding hydrogens is 304 g/mol. The maximum atomic E-state index is 11.6. The number of aryl methyl sites for hydroxylation is 1. The molecule has 0 radical (unpaired) electrons. The second kappa shape index (κ2) is 5.82. The fourth-order valence-electron chi connectivity index (χ4n) is 2.50. The first-order chi connectivity index (χ1) is 9.61. The van der Waals surface area contributed by atoms with Gasteiger partial charge in [-0.15, -0.1) is 0 Å². The summed E-state index contributed by atoms with van der Waals surface area (Å²) in [6.07, 6.45) is 1.16. The van der Waals surface area contributed by atoms with Crippen molar-refractivity contribution in [2.45, 2.75) is 45.1 Å². The lowest BCUT2D eigenvalue weighted by atomic mass is 9.82. The molecule has 21 heavy (non-hydrogen) atoms. The topological polar surface area (TPSA) is 72.2 Å². The number of sulfonamides is 1. The molecule has 1 unspecified atom stereocenters. The van der Waals surface area contributed by atoms with E-state index < -0.39 is 10.0 Å². The first-order valence-corrected chi connectivity index (χ1v) is 9.80. The Morgan fingerprint density at radius 1 is 1.33 bits per heavy atom. The highest BCUT2D eigenvalue weighted by Gasteiger charge is 2.33. The van der Waals surface area contributed by atoms with Crippen LogP contribution in [0.4, 0.5) is 5.69 Å². The lowest BCUT2D eigenvalue weighted by molar-refractivity contribution is 0.305. The highest BCUT2D eigenvalue weighted by molar-refractivity contribution is 7.99. The number of anilines is 1. The number of thioether (sulfide) groups is 1. The first kappa shape index (κ1) is 16.6. The Morgan fingerprint density at radius 3 is 2.57 bits per heavy atom. The van der Waals surface area contributed by atoms with Crippen molar-refractivity contribution in [1.82, 2.24) is 0 Å². The van der Waals surface area contributed by atoms with Crippen LogP contribution in [0, 0.1) is 19.3 Å². The molecule has 0 bridgehead atoms. The van der Waals surface area contributed by atoms with Crippen molar-refractivity contribution in [2.75, 3.05) is 16.8 Å². The average molecular weight is 329 g/mol. The van der Waals surface area contributed by atoms with E-state index in [4.69, 9.17) is 5.14 Å². The first-order valence-electron chi connectivity index (χ1n) is 7.09. The van der Waals surface area contributed by atoms with E-state index in [1.165, 1.54) is 5.75 Å². The summed E-state index contributed by atoms with van der Waals surface area (Å²) in [6, 6.07) is 3.62. The summed E-state index contributed by atoms with van der Waals surface area (Å²) in [5.74, 6) is 2.21. The maximum absolute atomic E-state index is 11.6. The van der Waals surface area contributed by atoms with Crippen LogP contribution >= 0.6 is 11.8 Å². The van der Waals surface area contributed by atoms with Gasteiger partial charge >= 0.3 is 0 Å². The number of nitrogens with one attached hydrogen (secondary N) is 1. The standard InChI is InChI=1S/C15H24N2O2S2/c1-10-7-12(21(16,18)19)8-13(11(10)2)17-14-9-20-6-5-15(14,3)4/h7-8,14,17H,5-6,9H2,1-4H3,(H2,16,18,19). The Morgan fingerprint density at radius 2 is 2.00 bits per heavy atom. The maximum Gasteiger partial charge on any atom is 0.238 e. The molecule has 0 aliphatic carbocycles. The zero-order chi connectivity index (χ0) is 15.8. The van der Waals surface area contributed by atoms with Crippen LogP contribution < -0.4 is 10.5 Å². The van der Waals surface area contributed by atoms with Gasteiger partial charge in [-0.2, -0.15) is 11.8 Å². The smallest absolute Gasteiger partial charge is 0.238 e. The molecule has 1 fully saturated rings. The largest absolute Gasteiger partial charge is 0.381 e. The Balaban J connectivity index is 2.37. The van der Waals surface area contributed by atoms with E-state index in [-0.39, 0.29) is 10.3 Å². The van der Waals surface area contributed by atoms with Gasteiger partial charge in [0, 0.05) is 17.5 Å². The Kier molecular flexibility index (Phi) is 4.61. The van der Waals surface area contributed by atoms with Crippen molar-refractivity contribution in [3.63, 3.8) is 0 Å². The van der Waals surface area contributed by atoms with Crippen LogP contribution in [-0.2, 0) is 10.0 Å². The summed E-state index contributed by atoms with van der Waals surface area (Å²) < 4.78 is 23.2. The number of hydrogen-bond donors (Lipinski definition) is 2. The molecule has 2 rings (SSSR count). The average Bonchev–Trinajstić information content (AvgIpc) is 2.35. The summed E-state index contributed by atoms with van der Waals surface area (Å²) in [6.45, 7) is 8.44. The van der Waals surface area contributed by atoms with E-state index in [9.17, 15) is 8.42 Å². The molecular formula is C15H24N2O2S2. The van der Waals surface area contributed by atoms with E-state index in [0.717, 1.165) is 29.0 Å². The Bertz CT molecular complexity index is 639. The number of primary sulfonamides is 1. The minimum atomic E-state index is -3.68. The number of nitrogens with two attached hydrogens (primary N) is 1. The van der Waals surface area contributed by atoms with Gasteiger partial charge < -0.3 is 5.32 Å². The third kappa shape index (κ3) is 3.73. The summed E-state index contributed by atoms with van der Waals surface area (Å²) in [5.41, 5.74) is 3.09. The highest BCUT2D eigenvalue weighted by atomic mass is 32.2. The van der Waals surface area contributed by atoms with Gasteiger partial charge in [0.2, 0.25) is 10.0 Å². The van der Waals surface area contributed by atoms with Crippen molar-refractivity contribution < 1.29 is 8.42 Å². The number of rotatable bonds is 3. The van der Waals surface area contributed by atoms with Gasteiger partial charge in [-0.05, 0) is 54.7 Å². The van der Waals surface area contributed by atoms with Crippen molar-refractivity contribution in [3.8, 4) is 0 Å². The summed E-state index contributed by atoms with van der Waals surface area (Å²) in [7, 11) is -3.68. The van der Waals surface area contributed by atoms with Gasteiger partial charge in [-0.25, -0.2) is 13.6 Å². The van der Waals surface area contributed by atoms with Crippen LogP contribution in [-0.4, -0.2) is 26.0 Å². The fraction of sp³-hybridized carbons (Fsp3) is 0.600. The molecule has 1 heterocycles. The fourth-order valence-corrected chi connectivity index (χ4v) is 4.73. The van der Waals surface area contributed by atoms with Gasteiger partial charge in [0.25, 0.3) is 0 Å². The molecule has 1 atom stereocenters. The normalized spacial score (nSPS) is 22.0. The third-order valence-corrected chi connectivity index (χ3v) is 6.37. The predicted octanol–water partition coefficient (Wildman–Crippen LogP) is 2.89. The molecule has 1 aliphatic heterocycles. The third-order valence-electron chi connectivity index (χ3n) is 4.42. The quantitative estimate of drug-likeness (QED) is 0.895. The van der Waals surface area contributed by atoms with Crippen molar-refractivity contribution in [1.29, 1.82) is 0 Å². The van der Waals surface area contributed by atoms with Crippen molar-refractivity contribution in [3.05, 3.63) is 23.3 Å². The molecule has 0 spiro atoms. The molecule has 0 saturated carbocycles. The van der Waals surface area contributed by atoms with Gasteiger partial charge in [-0.1, -0.05) is 13.8 Å². The monoisotopic (exact) mass is 328 g/mol. The number of hydrogen-bond acceptors (Lipinski definition) is 4. The highest BCUT2D eigenvalue weighted by Crippen LogP contribution is 2.37. The Hall–Kier alpha value is -0.720. The van der Waals surface area contributed by atoms with E-state index in [1.807, 2.05) is 25.6 Å². The molecule has 1 aliphatic rings. The molecule has 0 aromatic heterocycles. The van der Waals surface area contributed by atoms with Gasteiger partial charge in [0.05, 0.1) is 4.90 Å². The van der Waals surface area contributed by atoms with Crippen LogP contribution in [0.1, 0.15) is 31.4 Å². The van der Waals surface area contributed by atoms with Crippen LogP contribution in [0.3, 0.4) is 0 Å². The lowest BCUT2D eigenvalue weighted by Gasteiger charge is -2.39. The van der Waals surface area contributed by atoms with Crippen molar-refractivity contribution >= 4 is 27.5 Å². The summed E-state index contributed by atoms with van der Waals surface area (Å²) in [4.78, 5) is 0.175. The second-order valence-corrected chi connectivity index (χ2v) is 9.18. The van der Waals surface area contributed by atoms with Crippen LogP contribution in [0.2, 0.25) is 0 Å². The van der Waals surface area contributed by atoms with Gasteiger partial charge in [0.1, 0.15) is 0 Å². The molecule has 4 nitrogen and oxygen atoms in total. The van der Waals surface area contributed by atoms with Crippen LogP contribution in [0.5, 0.6) is 0 Å². The van der Waals surface area contributed by atoms with E-state index in [2.05, 4.69) is 19.2 Å². The molecule has 1 saturated heterocycles. The van der Waals surface area contributed by atoms with Crippen molar-refractivity contribution in [2.24, 2.45) is 10.6 Å².